The van der Waals surface area contributed by atoms with Gasteiger partial charge in [0.2, 0.25) is 0 Å². The standard InChI is InChI=1S/C38H21F2N3S.Pt/c39-26-22-33-30(34(40)23-26)15-16-31-32-17-19-42-36(38(32)44-37(31)33)25-9-7-13-29(21-25)43(27-10-2-1-3-11-27)28-12-6-8-24(20-28)35-14-4-5-18-41-35;/h1-19,22-23H;/q-2;+2. The van der Waals surface area contributed by atoms with Gasteiger partial charge in [-0.2, -0.15) is 0 Å². The summed E-state index contributed by atoms with van der Waals surface area (Å²) in [6.45, 7) is 0. The Morgan fingerprint density at radius 1 is 0.578 bits per heavy atom. The molecule has 3 nitrogen and oxygen atoms in total. The van der Waals surface area contributed by atoms with Crippen LogP contribution in [0.1, 0.15) is 0 Å². The maximum atomic E-state index is 14.6. The summed E-state index contributed by atoms with van der Waals surface area (Å²) in [4.78, 5) is 11.4. The molecule has 8 rings (SSSR count). The largest absolute Gasteiger partial charge is 2.00 e. The third-order valence-corrected chi connectivity index (χ3v) is 8.91. The van der Waals surface area contributed by atoms with Crippen LogP contribution in [-0.2, 0) is 21.1 Å². The van der Waals surface area contributed by atoms with Gasteiger partial charge in [0.05, 0.1) is 0 Å². The van der Waals surface area contributed by atoms with Gasteiger partial charge in [-0.3, -0.25) is 0 Å². The van der Waals surface area contributed by atoms with E-state index in [0.29, 0.717) is 10.8 Å². The zero-order chi connectivity index (χ0) is 29.6. The maximum absolute atomic E-state index is 14.6. The molecule has 0 radical (unpaired) electrons. The van der Waals surface area contributed by atoms with Gasteiger partial charge in [-0.25, -0.2) is 8.78 Å². The molecular formula is C38H21F2N3PtS. The molecule has 7 heteroatoms. The number of benzene rings is 5. The molecule has 0 fully saturated rings. The van der Waals surface area contributed by atoms with Crippen LogP contribution >= 0.6 is 11.3 Å². The summed E-state index contributed by atoms with van der Waals surface area (Å²) in [6.07, 6.45) is 3.55. The van der Waals surface area contributed by atoms with Crippen LogP contribution in [0.3, 0.4) is 0 Å². The van der Waals surface area contributed by atoms with Crippen molar-refractivity contribution in [2.24, 2.45) is 0 Å². The molecule has 3 heterocycles. The minimum atomic E-state index is -0.593. The molecule has 0 bridgehead atoms. The van der Waals surface area contributed by atoms with Gasteiger partial charge in [0, 0.05) is 55.4 Å². The van der Waals surface area contributed by atoms with Gasteiger partial charge in [0.15, 0.2) is 0 Å². The van der Waals surface area contributed by atoms with E-state index in [2.05, 4.69) is 34.1 Å². The van der Waals surface area contributed by atoms with Crippen molar-refractivity contribution in [3.8, 4) is 22.5 Å². The third-order valence-electron chi connectivity index (χ3n) is 7.65. The Kier molecular flexibility index (Phi) is 7.70. The van der Waals surface area contributed by atoms with Crippen LogP contribution in [-0.4, -0.2) is 9.97 Å². The summed E-state index contributed by atoms with van der Waals surface area (Å²) in [5.74, 6) is -1.16. The molecule has 218 valence electrons. The van der Waals surface area contributed by atoms with E-state index in [4.69, 9.17) is 4.98 Å². The second kappa shape index (κ2) is 12.0. The van der Waals surface area contributed by atoms with Crippen molar-refractivity contribution in [1.29, 1.82) is 0 Å². The molecule has 0 amide bonds. The van der Waals surface area contributed by atoms with Crippen molar-refractivity contribution >= 4 is 59.3 Å². The average molecular weight is 785 g/mol. The first-order valence-corrected chi connectivity index (χ1v) is 14.9. The van der Waals surface area contributed by atoms with E-state index >= 15 is 0 Å². The summed E-state index contributed by atoms with van der Waals surface area (Å²) in [7, 11) is 0. The van der Waals surface area contributed by atoms with E-state index < -0.39 is 11.6 Å². The number of nitrogens with zero attached hydrogens (tertiary/aromatic N) is 3. The Morgan fingerprint density at radius 3 is 2.07 bits per heavy atom. The minimum Gasteiger partial charge on any atom is -0.346 e. The van der Waals surface area contributed by atoms with Gasteiger partial charge >= 0.3 is 21.1 Å². The number of hydrogen-bond acceptors (Lipinski definition) is 4. The molecular weight excluding hydrogens is 764 g/mol. The molecule has 8 aromatic rings. The first-order chi connectivity index (χ1) is 21.6. The maximum Gasteiger partial charge on any atom is 2.00 e. The molecule has 0 aliphatic carbocycles. The normalized spacial score (nSPS) is 11.2. The van der Waals surface area contributed by atoms with Gasteiger partial charge in [0.25, 0.3) is 0 Å². The van der Waals surface area contributed by atoms with E-state index in [1.807, 2.05) is 84.9 Å². The number of anilines is 3. The average Bonchev–Trinajstić information content (AvgIpc) is 3.46. The first-order valence-electron chi connectivity index (χ1n) is 14.0. The van der Waals surface area contributed by atoms with E-state index in [1.165, 1.54) is 17.4 Å². The fourth-order valence-electron chi connectivity index (χ4n) is 5.68. The third kappa shape index (κ3) is 5.20. The van der Waals surface area contributed by atoms with Crippen LogP contribution in [0.2, 0.25) is 0 Å². The Labute approximate surface area is 276 Å². The Hall–Kier alpha value is -4.77. The van der Waals surface area contributed by atoms with Crippen molar-refractivity contribution in [3.63, 3.8) is 0 Å². The van der Waals surface area contributed by atoms with E-state index in [0.717, 1.165) is 65.8 Å². The number of halogens is 2. The number of aromatic nitrogens is 2. The van der Waals surface area contributed by atoms with E-state index in [1.54, 1.807) is 18.5 Å². The van der Waals surface area contributed by atoms with Gasteiger partial charge in [-0.15, -0.1) is 71.0 Å². The second-order valence-electron chi connectivity index (χ2n) is 10.3. The second-order valence-corrected chi connectivity index (χ2v) is 11.4. The molecule has 0 N–H and O–H groups in total. The number of hydrogen-bond donors (Lipinski definition) is 0. The quantitative estimate of drug-likeness (QED) is 0.163. The van der Waals surface area contributed by atoms with Crippen molar-refractivity contribution in [1.82, 2.24) is 9.97 Å². The predicted molar refractivity (Wildman–Crippen MR) is 176 cm³/mol. The smallest absolute Gasteiger partial charge is 0.346 e. The Balaban J connectivity index is 0.00000325. The van der Waals surface area contributed by atoms with Crippen molar-refractivity contribution in [2.45, 2.75) is 0 Å². The molecule has 45 heavy (non-hydrogen) atoms. The molecule has 0 aliphatic heterocycles. The predicted octanol–water partition coefficient (Wildman–Crippen LogP) is 10.7. The van der Waals surface area contributed by atoms with E-state index in [9.17, 15) is 8.78 Å². The molecule has 0 aliphatic rings. The summed E-state index contributed by atoms with van der Waals surface area (Å²) in [5, 5.41) is 2.88. The van der Waals surface area contributed by atoms with E-state index in [-0.39, 0.29) is 21.1 Å². The van der Waals surface area contributed by atoms with Gasteiger partial charge in [-0.1, -0.05) is 42.5 Å². The summed E-state index contributed by atoms with van der Waals surface area (Å²) in [5.41, 5.74) is 5.91. The summed E-state index contributed by atoms with van der Waals surface area (Å²) in [6, 6.07) is 43.1. The Bertz CT molecular complexity index is 2320. The van der Waals surface area contributed by atoms with Crippen LogP contribution in [0.4, 0.5) is 25.8 Å². The first kappa shape index (κ1) is 29.0. The number of rotatable bonds is 5. The summed E-state index contributed by atoms with van der Waals surface area (Å²) < 4.78 is 30.7. The molecule has 0 atom stereocenters. The number of fused-ring (bicyclic) bond motifs is 5. The van der Waals surface area contributed by atoms with Gasteiger partial charge in [-0.05, 0) is 52.8 Å². The molecule has 3 aromatic heterocycles. The Morgan fingerprint density at radius 2 is 1.29 bits per heavy atom. The van der Waals surface area contributed by atoms with Crippen molar-refractivity contribution in [2.75, 3.05) is 4.90 Å². The molecule has 0 saturated carbocycles. The van der Waals surface area contributed by atoms with Crippen molar-refractivity contribution < 1.29 is 29.8 Å². The van der Waals surface area contributed by atoms with Crippen molar-refractivity contribution in [3.05, 3.63) is 151 Å². The fraction of sp³-hybridized carbons (Fsp3) is 0. The van der Waals surface area contributed by atoms with Crippen LogP contribution in [0.25, 0.3) is 53.5 Å². The zero-order valence-electron chi connectivity index (χ0n) is 23.4. The SMILES string of the molecule is Fc1cc(F)c2ccc3c4ccnc(-c5[c-]c(N(c6[c-]c(-c7ccccn7)ccc6)c6ccccc6)ccc5)c4sc3c2c1.[Pt+2]. The van der Waals surface area contributed by atoms with Gasteiger partial charge < -0.3 is 14.9 Å². The number of pyridine rings is 2. The molecule has 0 spiro atoms. The molecule has 5 aromatic carbocycles. The topological polar surface area (TPSA) is 29.0 Å². The monoisotopic (exact) mass is 784 g/mol. The fourth-order valence-corrected chi connectivity index (χ4v) is 7.00. The van der Waals surface area contributed by atoms with Gasteiger partial charge in [0.1, 0.15) is 11.6 Å². The zero-order valence-corrected chi connectivity index (χ0v) is 26.5. The minimum absolute atomic E-state index is 0. The molecule has 0 unspecified atom stereocenters. The molecule has 0 saturated heterocycles. The van der Waals surface area contributed by atoms with Crippen LogP contribution in [0.15, 0.2) is 128 Å². The number of thiophene rings is 1. The van der Waals surface area contributed by atoms with Crippen LogP contribution in [0, 0.1) is 23.8 Å². The van der Waals surface area contributed by atoms with Crippen LogP contribution in [0.5, 0.6) is 0 Å². The summed E-state index contributed by atoms with van der Waals surface area (Å²) >= 11 is 1.49. The number of para-hydroxylation sites is 1. The van der Waals surface area contributed by atoms with Crippen LogP contribution < -0.4 is 4.90 Å².